The highest BCUT2D eigenvalue weighted by Crippen LogP contribution is 2.62. The van der Waals surface area contributed by atoms with E-state index in [0.29, 0.717) is 0 Å². The van der Waals surface area contributed by atoms with E-state index in [1.807, 2.05) is 49.7 Å². The highest BCUT2D eigenvalue weighted by molar-refractivity contribution is 6.11. The third-order valence-electron chi connectivity index (χ3n) is 9.48. The number of fused-ring (bicyclic) bond motifs is 12. The predicted octanol–water partition coefficient (Wildman–Crippen LogP) is 10.3. The molecule has 0 unspecified atom stereocenters. The number of aromatic nitrogens is 3. The standard InChI is InChI=1S/C42H29N3O/c1-3-5-13-28(4-2)45-36-20-8-6-14-30(36)31-26-27(22-23-37(31)45)29-15-10-17-35-41(29)46-38-21-9-7-16-32(38)42(35)33-18-11-24-43-39(33)40-34(42)19-12-25-44-40/h3-26H,2H2,1H3/b5-3-,28-13+. The van der Waals surface area contributed by atoms with Crippen LogP contribution in [-0.4, -0.2) is 14.5 Å². The number of ether oxygens (including phenoxy) is 1. The van der Waals surface area contributed by atoms with Crippen LogP contribution in [-0.2, 0) is 5.41 Å². The van der Waals surface area contributed by atoms with E-state index in [-0.39, 0.29) is 0 Å². The molecule has 0 amide bonds. The van der Waals surface area contributed by atoms with Crippen molar-refractivity contribution in [2.75, 3.05) is 0 Å². The van der Waals surface area contributed by atoms with Gasteiger partial charge >= 0.3 is 0 Å². The molecule has 0 bridgehead atoms. The molecule has 2 aliphatic rings. The second kappa shape index (κ2) is 10.0. The van der Waals surface area contributed by atoms with E-state index in [9.17, 15) is 0 Å². The Hall–Kier alpha value is -6.00. The third-order valence-corrected chi connectivity index (χ3v) is 9.48. The molecule has 4 heteroatoms. The summed E-state index contributed by atoms with van der Waals surface area (Å²) in [6.45, 7) is 6.16. The monoisotopic (exact) mass is 591 g/mol. The Kier molecular flexibility index (Phi) is 5.75. The van der Waals surface area contributed by atoms with Crippen LogP contribution in [0.3, 0.4) is 0 Å². The Balaban J connectivity index is 1.33. The smallest absolute Gasteiger partial charge is 0.140 e. The normalized spacial score (nSPS) is 14.2. The van der Waals surface area contributed by atoms with Gasteiger partial charge in [-0.05, 0) is 72.2 Å². The zero-order valence-electron chi connectivity index (χ0n) is 25.3. The van der Waals surface area contributed by atoms with E-state index >= 15 is 0 Å². The Morgan fingerprint density at radius 2 is 1.41 bits per heavy atom. The highest BCUT2D eigenvalue weighted by Gasteiger charge is 2.52. The summed E-state index contributed by atoms with van der Waals surface area (Å²) in [5.41, 5.74) is 11.1. The molecule has 7 aromatic rings. The Bertz CT molecular complexity index is 2400. The number of nitrogens with zero attached hydrogens (tertiary/aromatic N) is 3. The van der Waals surface area contributed by atoms with Crippen molar-refractivity contribution in [3.63, 3.8) is 0 Å². The molecule has 1 aliphatic heterocycles. The SMILES string of the molecule is C=C/C(=C\C=C/C)n1c2ccccc2c2cc(-c3cccc4c3Oc3ccccc3C43c4cccnc4-c4ncccc43)ccc21. The Morgan fingerprint density at radius 3 is 2.20 bits per heavy atom. The van der Waals surface area contributed by atoms with Gasteiger partial charge in [0, 0.05) is 45.6 Å². The third kappa shape index (κ3) is 3.44. The van der Waals surface area contributed by atoms with E-state index in [1.165, 1.54) is 10.8 Å². The molecule has 1 aliphatic carbocycles. The topological polar surface area (TPSA) is 39.9 Å². The molecule has 46 heavy (non-hydrogen) atoms. The quantitative estimate of drug-likeness (QED) is 0.191. The largest absolute Gasteiger partial charge is 0.456 e. The number of para-hydroxylation sites is 3. The van der Waals surface area contributed by atoms with Crippen molar-refractivity contribution in [1.29, 1.82) is 0 Å². The van der Waals surface area contributed by atoms with Crippen LogP contribution in [0.25, 0.3) is 50.0 Å². The highest BCUT2D eigenvalue weighted by atomic mass is 16.5. The number of hydrogen-bond acceptors (Lipinski definition) is 3. The maximum atomic E-state index is 6.91. The fourth-order valence-electron chi connectivity index (χ4n) is 7.66. The van der Waals surface area contributed by atoms with Gasteiger partial charge in [0.05, 0.1) is 27.8 Å². The summed E-state index contributed by atoms with van der Waals surface area (Å²) < 4.78 is 9.20. The molecule has 0 fully saturated rings. The van der Waals surface area contributed by atoms with Gasteiger partial charge in [-0.15, -0.1) is 0 Å². The maximum absolute atomic E-state index is 6.91. The van der Waals surface area contributed by atoms with Gasteiger partial charge in [-0.3, -0.25) is 9.97 Å². The fraction of sp³-hybridized carbons (Fsp3) is 0.0476. The number of benzene rings is 4. The van der Waals surface area contributed by atoms with Gasteiger partial charge in [0.2, 0.25) is 0 Å². The van der Waals surface area contributed by atoms with Crippen LogP contribution in [0, 0.1) is 0 Å². The van der Waals surface area contributed by atoms with Crippen LogP contribution in [0.5, 0.6) is 11.5 Å². The molecule has 4 aromatic carbocycles. The molecule has 4 heterocycles. The summed E-state index contributed by atoms with van der Waals surface area (Å²) >= 11 is 0. The first-order valence-corrected chi connectivity index (χ1v) is 15.6. The van der Waals surface area contributed by atoms with E-state index < -0.39 is 5.41 Å². The van der Waals surface area contributed by atoms with Crippen molar-refractivity contribution >= 4 is 27.5 Å². The summed E-state index contributed by atoms with van der Waals surface area (Å²) in [4.78, 5) is 9.72. The molecular weight excluding hydrogens is 562 g/mol. The lowest BCUT2D eigenvalue weighted by molar-refractivity contribution is 0.438. The summed E-state index contributed by atoms with van der Waals surface area (Å²) in [6.07, 6.45) is 11.8. The first-order valence-electron chi connectivity index (χ1n) is 15.6. The van der Waals surface area contributed by atoms with E-state index in [1.54, 1.807) is 0 Å². The summed E-state index contributed by atoms with van der Waals surface area (Å²) in [7, 11) is 0. The molecular formula is C42H29N3O. The molecule has 0 saturated carbocycles. The van der Waals surface area contributed by atoms with Gasteiger partial charge in [0.1, 0.15) is 11.5 Å². The molecule has 0 saturated heterocycles. The molecule has 4 nitrogen and oxygen atoms in total. The van der Waals surface area contributed by atoms with Crippen molar-refractivity contribution in [2.24, 2.45) is 0 Å². The van der Waals surface area contributed by atoms with Crippen LogP contribution < -0.4 is 4.74 Å². The first-order chi connectivity index (χ1) is 22.8. The molecule has 218 valence electrons. The second-order valence-corrected chi connectivity index (χ2v) is 11.7. The van der Waals surface area contributed by atoms with E-state index in [0.717, 1.165) is 73.0 Å². The minimum atomic E-state index is -0.607. The first kappa shape index (κ1) is 26.4. The lowest BCUT2D eigenvalue weighted by Crippen LogP contribution is -2.32. The Morgan fingerprint density at radius 1 is 0.717 bits per heavy atom. The van der Waals surface area contributed by atoms with Crippen molar-refractivity contribution in [3.05, 3.63) is 175 Å². The van der Waals surface area contributed by atoms with Gasteiger partial charge in [-0.2, -0.15) is 0 Å². The minimum Gasteiger partial charge on any atom is -0.456 e. The van der Waals surface area contributed by atoms with Crippen LogP contribution in [0.4, 0.5) is 0 Å². The van der Waals surface area contributed by atoms with E-state index in [2.05, 4.69) is 114 Å². The van der Waals surface area contributed by atoms with Crippen molar-refractivity contribution in [3.8, 4) is 34.0 Å². The van der Waals surface area contributed by atoms with Crippen molar-refractivity contribution in [1.82, 2.24) is 14.5 Å². The number of allylic oxidation sites excluding steroid dienone is 5. The fourth-order valence-corrected chi connectivity index (χ4v) is 7.66. The predicted molar refractivity (Wildman–Crippen MR) is 187 cm³/mol. The molecule has 0 radical (unpaired) electrons. The zero-order chi connectivity index (χ0) is 30.8. The van der Waals surface area contributed by atoms with Crippen LogP contribution in [0.2, 0.25) is 0 Å². The van der Waals surface area contributed by atoms with Gasteiger partial charge in [0.15, 0.2) is 0 Å². The van der Waals surface area contributed by atoms with Crippen LogP contribution in [0.15, 0.2) is 152 Å². The average Bonchev–Trinajstić information content (AvgIpc) is 3.60. The number of rotatable bonds is 4. The molecule has 9 rings (SSSR count). The summed E-state index contributed by atoms with van der Waals surface area (Å²) in [5.74, 6) is 1.70. The zero-order valence-corrected chi connectivity index (χ0v) is 25.3. The molecule has 1 spiro atoms. The van der Waals surface area contributed by atoms with E-state index in [4.69, 9.17) is 14.7 Å². The van der Waals surface area contributed by atoms with Gasteiger partial charge in [-0.1, -0.05) is 91.5 Å². The van der Waals surface area contributed by atoms with Crippen LogP contribution >= 0.6 is 0 Å². The maximum Gasteiger partial charge on any atom is 0.140 e. The molecule has 3 aromatic heterocycles. The van der Waals surface area contributed by atoms with Gasteiger partial charge in [-0.25, -0.2) is 0 Å². The minimum absolute atomic E-state index is 0.607. The molecule has 0 N–H and O–H groups in total. The van der Waals surface area contributed by atoms with Crippen molar-refractivity contribution < 1.29 is 4.74 Å². The Labute approximate surface area is 267 Å². The second-order valence-electron chi connectivity index (χ2n) is 11.7. The van der Waals surface area contributed by atoms with Gasteiger partial charge < -0.3 is 9.30 Å². The van der Waals surface area contributed by atoms with Crippen molar-refractivity contribution in [2.45, 2.75) is 12.3 Å². The summed E-state index contributed by atoms with van der Waals surface area (Å²) in [6, 6.07) is 38.7. The lowest BCUT2D eigenvalue weighted by Gasteiger charge is -2.39. The molecule has 0 atom stereocenters. The number of hydrogen-bond donors (Lipinski definition) is 0. The summed E-state index contributed by atoms with van der Waals surface area (Å²) in [5, 5.41) is 2.37. The lowest BCUT2D eigenvalue weighted by atomic mass is 9.66. The van der Waals surface area contributed by atoms with Crippen LogP contribution in [0.1, 0.15) is 29.2 Å². The van der Waals surface area contributed by atoms with Gasteiger partial charge in [0.25, 0.3) is 0 Å². The average molecular weight is 592 g/mol. The number of pyridine rings is 2.